The van der Waals surface area contributed by atoms with Gasteiger partial charge < -0.3 is 0 Å². The Hall–Kier alpha value is -0.760. The molecule has 0 fully saturated rings. The predicted molar refractivity (Wildman–Crippen MR) is 46.3 cm³/mol. The lowest BCUT2D eigenvalue weighted by Gasteiger charge is -1.92. The highest BCUT2D eigenvalue weighted by Crippen LogP contribution is 2.32. The topological polar surface area (TPSA) is 12.4 Å². The second-order valence-electron chi connectivity index (χ2n) is 2.12. The molecule has 0 saturated heterocycles. The average Bonchev–Trinajstić information content (AvgIpc) is 2.28. The predicted octanol–water partition coefficient (Wildman–Crippen LogP) is 2.14. The number of thioether (sulfide) groups is 1. The molecule has 2 aliphatic heterocycles. The fourth-order valence-electron chi connectivity index (χ4n) is 0.974. The number of rotatable bonds is 0. The van der Waals surface area contributed by atoms with Crippen LogP contribution in [0.1, 0.15) is 0 Å². The summed E-state index contributed by atoms with van der Waals surface area (Å²) in [5.41, 5.74) is 1.32. The van der Waals surface area contributed by atoms with Gasteiger partial charge >= 0.3 is 0 Å². The number of aliphatic imine (C=N–C) groups is 1. The van der Waals surface area contributed by atoms with Crippen LogP contribution in [0.25, 0.3) is 0 Å². The second kappa shape index (κ2) is 2.46. The molecule has 0 N–H and O–H groups in total. The normalized spacial score (nSPS) is 21.6. The fraction of sp³-hybridized carbons (Fsp3) is 0.125. The van der Waals surface area contributed by atoms with Crippen LogP contribution in [-0.4, -0.2) is 12.0 Å². The smallest absolute Gasteiger partial charge is 0.0409 e. The van der Waals surface area contributed by atoms with Crippen molar-refractivity contribution in [2.75, 3.05) is 5.75 Å². The molecule has 0 aliphatic carbocycles. The van der Waals surface area contributed by atoms with Crippen LogP contribution in [0.2, 0.25) is 0 Å². The van der Waals surface area contributed by atoms with Crippen LogP contribution in [0.15, 0.2) is 39.9 Å². The molecule has 10 heavy (non-hydrogen) atoms. The lowest BCUT2D eigenvalue weighted by atomic mass is 10.2. The molecule has 0 unspecified atom stereocenters. The SMILES string of the molecule is C1=CC2=CCSC2=CN=C1. The zero-order chi connectivity index (χ0) is 6.81. The molecule has 2 rings (SSSR count). The summed E-state index contributed by atoms with van der Waals surface area (Å²) in [7, 11) is 0. The fourth-order valence-corrected chi connectivity index (χ4v) is 1.87. The van der Waals surface area contributed by atoms with Gasteiger partial charge in [0.1, 0.15) is 0 Å². The van der Waals surface area contributed by atoms with Gasteiger partial charge in [0.05, 0.1) is 0 Å². The Kier molecular flexibility index (Phi) is 1.47. The molecule has 0 radical (unpaired) electrons. The third-order valence-corrected chi connectivity index (χ3v) is 2.45. The summed E-state index contributed by atoms with van der Waals surface area (Å²) < 4.78 is 0. The Bertz CT molecular complexity index is 258. The molecular weight excluding hydrogens is 142 g/mol. The standard InChI is InChI=1S/C8H7NS/c1-2-7-3-5-10-8(7)6-9-4-1/h1-4,6H,5H2. The number of hydrogen-bond donors (Lipinski definition) is 0. The summed E-state index contributed by atoms with van der Waals surface area (Å²) in [5, 5.41) is 0. The zero-order valence-corrected chi connectivity index (χ0v) is 6.27. The molecule has 50 valence electrons. The van der Waals surface area contributed by atoms with E-state index in [9.17, 15) is 0 Å². The molecule has 0 atom stereocenters. The van der Waals surface area contributed by atoms with Crippen LogP contribution in [0, 0.1) is 0 Å². The Morgan fingerprint density at radius 2 is 2.50 bits per heavy atom. The van der Waals surface area contributed by atoms with E-state index in [1.165, 1.54) is 10.5 Å². The van der Waals surface area contributed by atoms with Gasteiger partial charge in [-0.3, -0.25) is 4.99 Å². The van der Waals surface area contributed by atoms with E-state index in [2.05, 4.69) is 17.1 Å². The summed E-state index contributed by atoms with van der Waals surface area (Å²) in [6.45, 7) is 0. The van der Waals surface area contributed by atoms with Gasteiger partial charge in [0, 0.05) is 23.1 Å². The molecule has 0 saturated carbocycles. The number of hydrogen-bond acceptors (Lipinski definition) is 2. The number of fused-ring (bicyclic) bond motifs is 1. The average molecular weight is 149 g/mol. The van der Waals surface area contributed by atoms with Crippen LogP contribution in [-0.2, 0) is 0 Å². The first-order valence-electron chi connectivity index (χ1n) is 3.20. The number of allylic oxidation sites excluding steroid dienone is 3. The molecule has 0 spiro atoms. The van der Waals surface area contributed by atoms with Crippen molar-refractivity contribution in [1.29, 1.82) is 0 Å². The summed E-state index contributed by atoms with van der Waals surface area (Å²) in [6, 6.07) is 0. The zero-order valence-electron chi connectivity index (χ0n) is 5.45. The minimum absolute atomic E-state index is 1.10. The van der Waals surface area contributed by atoms with E-state index in [4.69, 9.17) is 0 Å². The monoisotopic (exact) mass is 149 g/mol. The summed E-state index contributed by atoms with van der Waals surface area (Å²) in [6.07, 6.45) is 10.0. The van der Waals surface area contributed by atoms with E-state index in [0.29, 0.717) is 0 Å². The minimum Gasteiger partial charge on any atom is -0.264 e. The summed E-state index contributed by atoms with van der Waals surface area (Å²) in [5.74, 6) is 1.10. The lowest BCUT2D eigenvalue weighted by molar-refractivity contribution is 1.56. The van der Waals surface area contributed by atoms with Crippen molar-refractivity contribution < 1.29 is 0 Å². The minimum atomic E-state index is 1.10. The Balaban J connectivity index is 2.42. The highest BCUT2D eigenvalue weighted by atomic mass is 32.2. The van der Waals surface area contributed by atoms with Gasteiger partial charge in [0.2, 0.25) is 0 Å². The van der Waals surface area contributed by atoms with E-state index in [1.54, 1.807) is 0 Å². The molecule has 1 nitrogen and oxygen atoms in total. The first kappa shape index (κ1) is 5.98. The lowest BCUT2D eigenvalue weighted by Crippen LogP contribution is -1.70. The molecule has 0 aromatic carbocycles. The summed E-state index contributed by atoms with van der Waals surface area (Å²) in [4.78, 5) is 5.37. The molecule has 2 heterocycles. The molecule has 0 bridgehead atoms. The second-order valence-corrected chi connectivity index (χ2v) is 3.18. The Labute approximate surface area is 64.2 Å². The number of nitrogens with zero attached hydrogens (tertiary/aromatic N) is 1. The van der Waals surface area contributed by atoms with Crippen LogP contribution < -0.4 is 0 Å². The molecule has 0 aromatic rings. The maximum Gasteiger partial charge on any atom is 0.0409 e. The highest BCUT2D eigenvalue weighted by Gasteiger charge is 2.09. The van der Waals surface area contributed by atoms with E-state index in [1.807, 2.05) is 30.3 Å². The van der Waals surface area contributed by atoms with Crippen LogP contribution in [0.5, 0.6) is 0 Å². The van der Waals surface area contributed by atoms with Crippen LogP contribution in [0.4, 0.5) is 0 Å². The van der Waals surface area contributed by atoms with Crippen molar-refractivity contribution >= 4 is 18.0 Å². The van der Waals surface area contributed by atoms with Crippen molar-refractivity contribution in [3.63, 3.8) is 0 Å². The third kappa shape index (κ3) is 0.948. The third-order valence-electron chi connectivity index (χ3n) is 1.47. The first-order chi connectivity index (χ1) is 4.97. The molecular formula is C8H7NS. The van der Waals surface area contributed by atoms with Gasteiger partial charge in [-0.25, -0.2) is 0 Å². The van der Waals surface area contributed by atoms with Crippen molar-refractivity contribution in [1.82, 2.24) is 0 Å². The van der Waals surface area contributed by atoms with E-state index < -0.39 is 0 Å². The van der Waals surface area contributed by atoms with E-state index in [-0.39, 0.29) is 0 Å². The van der Waals surface area contributed by atoms with Gasteiger partial charge in [0.25, 0.3) is 0 Å². The van der Waals surface area contributed by atoms with Gasteiger partial charge in [-0.05, 0) is 11.6 Å². The van der Waals surface area contributed by atoms with Gasteiger partial charge in [-0.1, -0.05) is 12.2 Å². The van der Waals surface area contributed by atoms with Crippen LogP contribution in [0.3, 0.4) is 0 Å². The maximum atomic E-state index is 4.08. The summed E-state index contributed by atoms with van der Waals surface area (Å²) >= 11 is 1.84. The van der Waals surface area contributed by atoms with E-state index in [0.717, 1.165) is 5.75 Å². The highest BCUT2D eigenvalue weighted by molar-refractivity contribution is 8.03. The maximum absolute atomic E-state index is 4.08. The first-order valence-corrected chi connectivity index (χ1v) is 4.19. The van der Waals surface area contributed by atoms with Gasteiger partial charge in [-0.15, -0.1) is 11.8 Å². The van der Waals surface area contributed by atoms with E-state index >= 15 is 0 Å². The van der Waals surface area contributed by atoms with Gasteiger partial charge in [-0.2, -0.15) is 0 Å². The van der Waals surface area contributed by atoms with Gasteiger partial charge in [0.15, 0.2) is 0 Å². The largest absolute Gasteiger partial charge is 0.264 e. The Morgan fingerprint density at radius 3 is 3.50 bits per heavy atom. The quantitative estimate of drug-likeness (QED) is 0.514. The molecule has 2 heteroatoms. The molecule has 0 aromatic heterocycles. The van der Waals surface area contributed by atoms with Crippen molar-refractivity contribution in [2.45, 2.75) is 0 Å². The van der Waals surface area contributed by atoms with Crippen molar-refractivity contribution in [3.8, 4) is 0 Å². The molecule has 2 aliphatic rings. The Morgan fingerprint density at radius 1 is 1.50 bits per heavy atom. The van der Waals surface area contributed by atoms with Crippen molar-refractivity contribution in [3.05, 3.63) is 34.9 Å². The van der Waals surface area contributed by atoms with Crippen molar-refractivity contribution in [2.24, 2.45) is 4.99 Å². The van der Waals surface area contributed by atoms with Crippen LogP contribution >= 0.6 is 11.8 Å². The molecule has 0 amide bonds.